The van der Waals surface area contributed by atoms with E-state index in [0.717, 1.165) is 41.6 Å². The molecule has 0 saturated heterocycles. The van der Waals surface area contributed by atoms with E-state index in [1.165, 1.54) is 6.07 Å². The fourth-order valence-corrected chi connectivity index (χ4v) is 4.31. The number of carbonyl (C=O) groups is 2. The molecule has 2 aromatic rings. The number of nitrogens with zero attached hydrogens (tertiary/aromatic N) is 1. The van der Waals surface area contributed by atoms with Crippen molar-refractivity contribution in [1.82, 2.24) is 4.31 Å². The van der Waals surface area contributed by atoms with Gasteiger partial charge in [-0.1, -0.05) is 19.9 Å². The van der Waals surface area contributed by atoms with Gasteiger partial charge in [0, 0.05) is 18.8 Å². The van der Waals surface area contributed by atoms with Crippen molar-refractivity contribution < 1.29 is 40.3 Å². The van der Waals surface area contributed by atoms with E-state index in [1.807, 2.05) is 0 Å². The lowest BCUT2D eigenvalue weighted by atomic mass is 10.2. The molecule has 33 heavy (non-hydrogen) atoms. The summed E-state index contributed by atoms with van der Waals surface area (Å²) < 4.78 is 83.9. The number of carbonyl (C=O) groups excluding carboxylic acids is 2. The number of hydrogen-bond acceptors (Lipinski definition) is 5. The summed E-state index contributed by atoms with van der Waals surface area (Å²) in [5, 5.41) is 2.18. The molecule has 0 radical (unpaired) electrons. The van der Waals surface area contributed by atoms with E-state index >= 15 is 0 Å². The molecule has 180 valence electrons. The third-order valence-corrected chi connectivity index (χ3v) is 6.66. The second kappa shape index (κ2) is 10.3. The fourth-order valence-electron chi connectivity index (χ4n) is 2.83. The maximum absolute atomic E-state index is 14.2. The first-order valence-electron chi connectivity index (χ1n) is 9.80. The molecule has 1 atom stereocenters. The Morgan fingerprint density at radius 2 is 1.73 bits per heavy atom. The Labute approximate surface area is 188 Å². The molecule has 7 nitrogen and oxygen atoms in total. The van der Waals surface area contributed by atoms with Gasteiger partial charge in [-0.15, -0.1) is 0 Å². The first-order valence-corrected chi connectivity index (χ1v) is 11.2. The highest BCUT2D eigenvalue weighted by molar-refractivity contribution is 7.89. The van der Waals surface area contributed by atoms with Crippen LogP contribution in [0.15, 0.2) is 47.4 Å². The van der Waals surface area contributed by atoms with E-state index in [0.29, 0.717) is 6.07 Å². The highest BCUT2D eigenvalue weighted by Gasteiger charge is 2.31. The van der Waals surface area contributed by atoms with Crippen molar-refractivity contribution in [2.45, 2.75) is 37.9 Å². The summed E-state index contributed by atoms with van der Waals surface area (Å²) in [4.78, 5) is 24.3. The third-order valence-electron chi connectivity index (χ3n) is 4.61. The molecule has 2 rings (SSSR count). The second-order valence-electron chi connectivity index (χ2n) is 6.85. The third kappa shape index (κ3) is 6.29. The molecular weight excluding hydrogens is 468 g/mol. The summed E-state index contributed by atoms with van der Waals surface area (Å²) in [6.07, 6.45) is -6.14. The van der Waals surface area contributed by atoms with Gasteiger partial charge in [-0.25, -0.2) is 17.6 Å². The van der Waals surface area contributed by atoms with Gasteiger partial charge in [-0.2, -0.15) is 17.5 Å². The van der Waals surface area contributed by atoms with Crippen LogP contribution in [0.3, 0.4) is 0 Å². The van der Waals surface area contributed by atoms with Gasteiger partial charge in [0.1, 0.15) is 5.82 Å². The smallest absolute Gasteiger partial charge is 0.416 e. The molecule has 0 spiro atoms. The van der Waals surface area contributed by atoms with Crippen molar-refractivity contribution in [3.63, 3.8) is 0 Å². The van der Waals surface area contributed by atoms with E-state index in [-0.39, 0.29) is 23.7 Å². The van der Waals surface area contributed by atoms with Gasteiger partial charge in [-0.05, 0) is 43.3 Å². The number of rotatable bonds is 8. The molecule has 0 aliphatic carbocycles. The number of ether oxygens (including phenoxy) is 1. The Balaban J connectivity index is 2.19. The maximum Gasteiger partial charge on any atom is 0.416 e. The lowest BCUT2D eigenvalue weighted by molar-refractivity contribution is -0.137. The number of alkyl halides is 3. The van der Waals surface area contributed by atoms with Gasteiger partial charge in [0.2, 0.25) is 10.0 Å². The minimum absolute atomic E-state index is 0.155. The Hall–Kier alpha value is -2.99. The minimum atomic E-state index is -4.62. The molecule has 0 aromatic heterocycles. The van der Waals surface area contributed by atoms with Crippen LogP contribution >= 0.6 is 0 Å². The van der Waals surface area contributed by atoms with Gasteiger partial charge in [0.15, 0.2) is 6.10 Å². The lowest BCUT2D eigenvalue weighted by Gasteiger charge is -2.19. The molecule has 2 aromatic carbocycles. The van der Waals surface area contributed by atoms with Crippen LogP contribution in [0.25, 0.3) is 0 Å². The lowest BCUT2D eigenvalue weighted by Crippen LogP contribution is -2.31. The van der Waals surface area contributed by atoms with E-state index in [1.54, 1.807) is 13.8 Å². The molecule has 0 aliphatic rings. The number of benzene rings is 2. The first kappa shape index (κ1) is 26.3. The highest BCUT2D eigenvalue weighted by atomic mass is 32.2. The van der Waals surface area contributed by atoms with Crippen LogP contribution in [-0.4, -0.2) is 43.8 Å². The Bertz CT molecular complexity index is 1130. The van der Waals surface area contributed by atoms with Crippen molar-refractivity contribution >= 4 is 27.6 Å². The Kier molecular flexibility index (Phi) is 8.20. The molecule has 0 bridgehead atoms. The minimum Gasteiger partial charge on any atom is -0.449 e. The Morgan fingerprint density at radius 1 is 1.09 bits per heavy atom. The summed E-state index contributed by atoms with van der Waals surface area (Å²) in [6, 6.07) is 6.43. The average molecular weight is 490 g/mol. The van der Waals surface area contributed by atoms with Gasteiger partial charge >= 0.3 is 12.1 Å². The standard InChI is InChI=1S/C21H22F4N2O5S/c1-4-27(5-2)33(30,31)16-9-10-18(22)17(12-16)20(29)32-13(3)19(28)26-15-8-6-7-14(11-15)21(23,24)25/h6-13H,4-5H2,1-3H3,(H,26,28). The fraction of sp³-hybridized carbons (Fsp3) is 0.333. The van der Waals surface area contributed by atoms with Crippen LogP contribution in [0.1, 0.15) is 36.7 Å². The van der Waals surface area contributed by atoms with E-state index in [9.17, 15) is 35.6 Å². The molecule has 0 aliphatic heterocycles. The van der Waals surface area contributed by atoms with Crippen molar-refractivity contribution in [1.29, 1.82) is 0 Å². The van der Waals surface area contributed by atoms with E-state index in [4.69, 9.17) is 4.74 Å². The predicted octanol–water partition coefficient (Wildman–Crippen LogP) is 4.06. The summed E-state index contributed by atoms with van der Waals surface area (Å²) in [5.74, 6) is -3.34. The molecule has 12 heteroatoms. The topological polar surface area (TPSA) is 92.8 Å². The number of nitrogens with one attached hydrogen (secondary N) is 1. The summed E-state index contributed by atoms with van der Waals surface area (Å²) in [7, 11) is -3.99. The van der Waals surface area contributed by atoms with Crippen LogP contribution in [0, 0.1) is 5.82 Å². The largest absolute Gasteiger partial charge is 0.449 e. The number of sulfonamides is 1. The Morgan fingerprint density at radius 3 is 2.30 bits per heavy atom. The average Bonchev–Trinajstić information content (AvgIpc) is 2.74. The number of esters is 1. The molecule has 1 N–H and O–H groups in total. The monoisotopic (exact) mass is 490 g/mol. The van der Waals surface area contributed by atoms with Crippen LogP contribution in [0.4, 0.5) is 23.2 Å². The molecule has 0 heterocycles. The number of hydrogen-bond donors (Lipinski definition) is 1. The normalized spacial score (nSPS) is 13.0. The van der Waals surface area contributed by atoms with Crippen LogP contribution in [0.2, 0.25) is 0 Å². The van der Waals surface area contributed by atoms with Crippen molar-refractivity contribution in [2.75, 3.05) is 18.4 Å². The summed E-state index contributed by atoms with van der Waals surface area (Å²) in [5.41, 5.74) is -1.88. The summed E-state index contributed by atoms with van der Waals surface area (Å²) >= 11 is 0. The van der Waals surface area contributed by atoms with Crippen LogP contribution in [0.5, 0.6) is 0 Å². The van der Waals surface area contributed by atoms with Crippen molar-refractivity contribution in [3.05, 3.63) is 59.4 Å². The SMILES string of the molecule is CCN(CC)S(=O)(=O)c1ccc(F)c(C(=O)OC(C)C(=O)Nc2cccc(C(F)(F)F)c2)c1. The molecule has 0 fully saturated rings. The van der Waals surface area contributed by atoms with Crippen molar-refractivity contribution in [2.24, 2.45) is 0 Å². The zero-order valence-corrected chi connectivity index (χ0v) is 18.8. The molecule has 0 saturated carbocycles. The van der Waals surface area contributed by atoms with Gasteiger partial charge in [0.25, 0.3) is 5.91 Å². The number of amides is 1. The first-order chi connectivity index (χ1) is 15.3. The quantitative estimate of drug-likeness (QED) is 0.445. The van der Waals surface area contributed by atoms with Crippen molar-refractivity contribution in [3.8, 4) is 0 Å². The number of halogens is 4. The van der Waals surface area contributed by atoms with E-state index in [2.05, 4.69) is 5.32 Å². The maximum atomic E-state index is 14.2. The molecule has 1 amide bonds. The summed E-state index contributed by atoms with van der Waals surface area (Å²) in [6.45, 7) is 4.68. The van der Waals surface area contributed by atoms with Crippen LogP contribution in [-0.2, 0) is 25.7 Å². The highest BCUT2D eigenvalue weighted by Crippen LogP contribution is 2.30. The molecule has 1 unspecified atom stereocenters. The van der Waals surface area contributed by atoms with E-state index < -0.39 is 51.1 Å². The zero-order valence-electron chi connectivity index (χ0n) is 17.9. The zero-order chi connectivity index (χ0) is 25.0. The predicted molar refractivity (Wildman–Crippen MR) is 111 cm³/mol. The van der Waals surface area contributed by atoms with Gasteiger partial charge in [-0.3, -0.25) is 4.79 Å². The molecular formula is C21H22F4N2O5S. The van der Waals surface area contributed by atoms with Gasteiger partial charge in [0.05, 0.1) is 16.0 Å². The van der Waals surface area contributed by atoms with Crippen LogP contribution < -0.4 is 5.32 Å². The van der Waals surface area contributed by atoms with Gasteiger partial charge < -0.3 is 10.1 Å². The number of anilines is 1. The second-order valence-corrected chi connectivity index (χ2v) is 8.78.